The Morgan fingerprint density at radius 1 is 1.21 bits per heavy atom. The van der Waals surface area contributed by atoms with Gasteiger partial charge in [0, 0.05) is 6.20 Å². The largest absolute Gasteiger partial charge is 0.478 e. The molecule has 3 aromatic heterocycles. The Hall–Kier alpha value is -2.45. The quantitative estimate of drug-likeness (QED) is 0.672. The molecule has 0 saturated carbocycles. The lowest BCUT2D eigenvalue weighted by atomic mass is 10.4. The molecule has 0 aliphatic carbocycles. The predicted octanol–water partition coefficient (Wildman–Crippen LogP) is 1.70. The summed E-state index contributed by atoms with van der Waals surface area (Å²) < 4.78 is 44.4. The lowest BCUT2D eigenvalue weighted by Gasteiger charge is -2.07. The molecule has 0 bridgehead atoms. The molecule has 3 heterocycles. The average Bonchev–Trinajstić information content (AvgIpc) is 2.82. The molecule has 0 aliphatic heterocycles. The highest BCUT2D eigenvalue weighted by atomic mass is 19.4. The van der Waals surface area contributed by atoms with Gasteiger partial charge in [-0.15, -0.1) is 10.2 Å². The number of rotatable bonds is 1. The highest BCUT2D eigenvalue weighted by Gasteiger charge is 2.38. The smallest absolute Gasteiger partial charge is 0.452 e. The van der Waals surface area contributed by atoms with Crippen LogP contribution in [-0.2, 0) is 6.18 Å². The number of halogens is 3. The van der Waals surface area contributed by atoms with Crippen LogP contribution in [0.5, 0.6) is 5.88 Å². The van der Waals surface area contributed by atoms with E-state index in [1.807, 2.05) is 0 Å². The summed E-state index contributed by atoms with van der Waals surface area (Å²) in [5, 5.41) is 6.62. The Bertz CT molecular complexity index is 767. The van der Waals surface area contributed by atoms with Crippen molar-refractivity contribution in [3.63, 3.8) is 0 Å². The van der Waals surface area contributed by atoms with E-state index >= 15 is 0 Å². The van der Waals surface area contributed by atoms with Gasteiger partial charge in [-0.25, -0.2) is 14.4 Å². The van der Waals surface area contributed by atoms with E-state index in [-0.39, 0.29) is 22.7 Å². The Morgan fingerprint density at radius 3 is 2.68 bits per heavy atom. The maximum absolute atomic E-state index is 12.9. The molecule has 0 N–H and O–H groups in total. The topological polar surface area (TPSA) is 65.2 Å². The van der Waals surface area contributed by atoms with Gasteiger partial charge in [0.05, 0.1) is 7.11 Å². The fraction of sp³-hybridized carbons (Fsp3) is 0.200. The summed E-state index contributed by atoms with van der Waals surface area (Å²) in [5.74, 6) is -1.20. The number of aromatic nitrogens is 5. The number of hydrogen-bond donors (Lipinski definition) is 0. The first kappa shape index (κ1) is 11.6. The predicted molar refractivity (Wildman–Crippen MR) is 57.6 cm³/mol. The van der Waals surface area contributed by atoms with E-state index in [0.29, 0.717) is 0 Å². The third-order valence-corrected chi connectivity index (χ3v) is 2.50. The van der Waals surface area contributed by atoms with Crippen LogP contribution in [0.4, 0.5) is 13.2 Å². The summed E-state index contributed by atoms with van der Waals surface area (Å²) in [4.78, 5) is 7.94. The summed E-state index contributed by atoms with van der Waals surface area (Å²) in [7, 11) is 1.30. The van der Waals surface area contributed by atoms with Crippen molar-refractivity contribution >= 4 is 16.8 Å². The van der Waals surface area contributed by atoms with Crippen LogP contribution in [0.15, 0.2) is 18.3 Å². The molecule has 98 valence electrons. The zero-order valence-corrected chi connectivity index (χ0v) is 9.51. The molecule has 0 atom stereocenters. The van der Waals surface area contributed by atoms with Crippen LogP contribution in [0, 0.1) is 0 Å². The summed E-state index contributed by atoms with van der Waals surface area (Å²) in [6.45, 7) is 0. The maximum atomic E-state index is 12.9. The highest BCUT2D eigenvalue weighted by molar-refractivity contribution is 5.75. The normalized spacial score (nSPS) is 12.2. The van der Waals surface area contributed by atoms with Gasteiger partial charge in [0.2, 0.25) is 11.5 Å². The lowest BCUT2D eigenvalue weighted by Crippen LogP contribution is -2.12. The second-order valence-electron chi connectivity index (χ2n) is 3.65. The van der Waals surface area contributed by atoms with Crippen molar-refractivity contribution in [1.29, 1.82) is 0 Å². The molecular weight excluding hydrogens is 263 g/mol. The summed E-state index contributed by atoms with van der Waals surface area (Å²) in [6, 6.07) is 3.10. The molecule has 6 nitrogen and oxygen atoms in total. The van der Waals surface area contributed by atoms with E-state index in [0.717, 1.165) is 4.40 Å². The molecule has 0 saturated heterocycles. The molecule has 9 heteroatoms. The molecule has 0 aliphatic rings. The van der Waals surface area contributed by atoms with E-state index in [4.69, 9.17) is 4.74 Å². The maximum Gasteiger partial charge on any atom is 0.452 e. The second kappa shape index (κ2) is 3.77. The first-order chi connectivity index (χ1) is 9.02. The highest BCUT2D eigenvalue weighted by Crippen LogP contribution is 2.31. The Kier molecular flexibility index (Phi) is 2.31. The van der Waals surface area contributed by atoms with Crippen molar-refractivity contribution in [2.24, 2.45) is 0 Å². The summed E-state index contributed by atoms with van der Waals surface area (Å²) in [5.41, 5.74) is 0.161. The fourth-order valence-electron chi connectivity index (χ4n) is 1.75. The van der Waals surface area contributed by atoms with Gasteiger partial charge in [-0.1, -0.05) is 0 Å². The monoisotopic (exact) mass is 269 g/mol. The molecular formula is C10H6F3N5O. The van der Waals surface area contributed by atoms with Crippen LogP contribution in [-0.4, -0.2) is 31.7 Å². The molecule has 3 aromatic rings. The van der Waals surface area contributed by atoms with Crippen molar-refractivity contribution < 1.29 is 17.9 Å². The number of fused-ring (bicyclic) bond motifs is 3. The van der Waals surface area contributed by atoms with Crippen LogP contribution in [0.25, 0.3) is 16.8 Å². The van der Waals surface area contributed by atoms with E-state index in [2.05, 4.69) is 20.2 Å². The van der Waals surface area contributed by atoms with E-state index < -0.39 is 12.0 Å². The average molecular weight is 269 g/mol. The minimum atomic E-state index is -4.64. The van der Waals surface area contributed by atoms with Gasteiger partial charge in [-0.3, -0.25) is 0 Å². The summed E-state index contributed by atoms with van der Waals surface area (Å²) >= 11 is 0. The van der Waals surface area contributed by atoms with Gasteiger partial charge < -0.3 is 4.74 Å². The van der Waals surface area contributed by atoms with E-state index in [1.54, 1.807) is 6.07 Å². The van der Waals surface area contributed by atoms with Gasteiger partial charge in [0.15, 0.2) is 5.65 Å². The molecule has 0 fully saturated rings. The molecule has 0 radical (unpaired) electrons. The molecule has 0 spiro atoms. The zero-order chi connectivity index (χ0) is 13.6. The van der Waals surface area contributed by atoms with Crippen LogP contribution in [0.1, 0.15) is 5.82 Å². The van der Waals surface area contributed by atoms with Gasteiger partial charge in [0.25, 0.3) is 5.88 Å². The van der Waals surface area contributed by atoms with Crippen molar-refractivity contribution in [2.75, 3.05) is 7.11 Å². The van der Waals surface area contributed by atoms with Crippen molar-refractivity contribution in [1.82, 2.24) is 24.6 Å². The minimum absolute atomic E-state index is 0.0237. The molecule has 0 amide bonds. The van der Waals surface area contributed by atoms with Gasteiger partial charge >= 0.3 is 6.18 Å². The molecule has 0 aromatic carbocycles. The number of hydrogen-bond acceptors (Lipinski definition) is 5. The number of methoxy groups -OCH3 is 1. The summed E-state index contributed by atoms with van der Waals surface area (Å²) in [6.07, 6.45) is -3.27. The third kappa shape index (κ3) is 1.65. The molecule has 19 heavy (non-hydrogen) atoms. The number of nitrogens with zero attached hydrogens (tertiary/aromatic N) is 5. The van der Waals surface area contributed by atoms with Crippen molar-refractivity contribution in [3.8, 4) is 5.88 Å². The van der Waals surface area contributed by atoms with Gasteiger partial charge in [-0.05, 0) is 12.1 Å². The Balaban J connectivity index is 2.53. The van der Waals surface area contributed by atoms with E-state index in [9.17, 15) is 13.2 Å². The second-order valence-corrected chi connectivity index (χ2v) is 3.65. The van der Waals surface area contributed by atoms with Crippen LogP contribution in [0.3, 0.4) is 0 Å². The standard InChI is InChI=1S/C10H6F3N5O/c1-19-8-7-16-17-9(10(11,12)13)18(7)6-5(15-8)3-2-4-14-6/h2-4H,1H3. The Morgan fingerprint density at radius 2 is 2.00 bits per heavy atom. The number of ether oxygens (including phenoxy) is 1. The van der Waals surface area contributed by atoms with Crippen LogP contribution in [0.2, 0.25) is 0 Å². The molecule has 3 rings (SSSR count). The van der Waals surface area contributed by atoms with Crippen molar-refractivity contribution in [3.05, 3.63) is 24.2 Å². The fourth-order valence-corrected chi connectivity index (χ4v) is 1.75. The Labute approximate surface area is 103 Å². The van der Waals surface area contributed by atoms with Crippen LogP contribution >= 0.6 is 0 Å². The lowest BCUT2D eigenvalue weighted by molar-refractivity contribution is -0.145. The first-order valence-electron chi connectivity index (χ1n) is 5.13. The van der Waals surface area contributed by atoms with Gasteiger partial charge in [0.1, 0.15) is 5.52 Å². The number of pyridine rings is 1. The van der Waals surface area contributed by atoms with Crippen molar-refractivity contribution in [2.45, 2.75) is 6.18 Å². The molecule has 0 unspecified atom stereocenters. The van der Waals surface area contributed by atoms with Crippen LogP contribution < -0.4 is 4.74 Å². The SMILES string of the molecule is COc1nc2cccnc2n2c(C(F)(F)F)nnc12. The number of alkyl halides is 3. The first-order valence-corrected chi connectivity index (χ1v) is 5.13. The van der Waals surface area contributed by atoms with E-state index in [1.165, 1.54) is 19.4 Å². The minimum Gasteiger partial charge on any atom is -0.478 e. The third-order valence-electron chi connectivity index (χ3n) is 2.50. The zero-order valence-electron chi connectivity index (χ0n) is 9.51. The van der Waals surface area contributed by atoms with Gasteiger partial charge in [-0.2, -0.15) is 13.2 Å².